The van der Waals surface area contributed by atoms with Crippen molar-refractivity contribution in [3.05, 3.63) is 57.2 Å². The third kappa shape index (κ3) is 2.83. The van der Waals surface area contributed by atoms with Crippen LogP contribution in [0, 0.1) is 20.8 Å². The van der Waals surface area contributed by atoms with Gasteiger partial charge < -0.3 is 0 Å². The molecule has 5 nitrogen and oxygen atoms in total. The Kier molecular flexibility index (Phi) is 4.46. The van der Waals surface area contributed by atoms with E-state index in [0.29, 0.717) is 5.92 Å². The van der Waals surface area contributed by atoms with Crippen LogP contribution in [0.1, 0.15) is 78.1 Å². The van der Waals surface area contributed by atoms with Crippen LogP contribution in [0.4, 0.5) is 0 Å². The van der Waals surface area contributed by atoms with Crippen molar-refractivity contribution in [2.75, 3.05) is 0 Å². The van der Waals surface area contributed by atoms with Crippen LogP contribution in [0.15, 0.2) is 23.3 Å². The molecule has 3 aromatic rings. The number of fused-ring (bicyclic) bond motifs is 3. The van der Waals surface area contributed by atoms with Crippen LogP contribution in [0.5, 0.6) is 0 Å². The summed E-state index contributed by atoms with van der Waals surface area (Å²) in [6.45, 7) is 12.8. The zero-order valence-electron chi connectivity index (χ0n) is 16.7. The van der Waals surface area contributed by atoms with Gasteiger partial charge in [0.2, 0.25) is 0 Å². The van der Waals surface area contributed by atoms with E-state index in [0.717, 1.165) is 35.0 Å². The highest BCUT2D eigenvalue weighted by Gasteiger charge is 2.30. The predicted octanol–water partition coefficient (Wildman–Crippen LogP) is 5.07. The fourth-order valence-electron chi connectivity index (χ4n) is 3.55. The van der Waals surface area contributed by atoms with Gasteiger partial charge in [-0.1, -0.05) is 20.8 Å². The van der Waals surface area contributed by atoms with Crippen LogP contribution in [-0.2, 0) is 0 Å². The average Bonchev–Trinajstić information content (AvgIpc) is 3.12. The van der Waals surface area contributed by atoms with Gasteiger partial charge in [0.05, 0.1) is 5.71 Å². The highest BCUT2D eigenvalue weighted by Crippen LogP contribution is 2.39. The molecule has 140 valence electrons. The maximum Gasteiger partial charge on any atom is 0.163 e. The average molecular weight is 380 g/mol. The van der Waals surface area contributed by atoms with E-state index in [2.05, 4.69) is 66.5 Å². The molecule has 0 aromatic carbocycles. The molecule has 0 aliphatic carbocycles. The minimum absolute atomic E-state index is 0.00900. The number of aromatic nitrogens is 4. The number of thiophene rings is 1. The van der Waals surface area contributed by atoms with Gasteiger partial charge in [-0.05, 0) is 50.8 Å². The lowest BCUT2D eigenvalue weighted by molar-refractivity contribution is 0.640. The molecule has 1 aliphatic heterocycles. The van der Waals surface area contributed by atoms with Crippen molar-refractivity contribution in [2.45, 2.75) is 59.9 Å². The number of nitrogens with zero attached hydrogens (tertiary/aromatic N) is 5. The van der Waals surface area contributed by atoms with Crippen molar-refractivity contribution in [2.24, 2.45) is 4.99 Å². The van der Waals surface area contributed by atoms with E-state index in [1.807, 2.05) is 13.1 Å². The summed E-state index contributed by atoms with van der Waals surface area (Å²) < 4.78 is 2.20. The lowest BCUT2D eigenvalue weighted by Gasteiger charge is -2.11. The summed E-state index contributed by atoms with van der Waals surface area (Å²) >= 11 is 1.79. The van der Waals surface area contributed by atoms with Gasteiger partial charge in [-0.25, -0.2) is 0 Å². The Balaban J connectivity index is 1.98. The van der Waals surface area contributed by atoms with Crippen LogP contribution in [0.2, 0.25) is 0 Å². The van der Waals surface area contributed by atoms with Crippen LogP contribution in [0.3, 0.4) is 0 Å². The standard InChI is InChI=1S/C21H25N5S/c1-7-16-20-25-24-14(6)26(20)21-18(12(4)13(5)27-21)19(23-16)15-8-9-17(11(2)3)22-10-15/h8-11,16H,7H2,1-6H3. The van der Waals surface area contributed by atoms with Gasteiger partial charge in [-0.15, -0.1) is 21.5 Å². The number of hydrogen-bond donors (Lipinski definition) is 0. The summed E-state index contributed by atoms with van der Waals surface area (Å²) in [5.74, 6) is 2.26. The molecule has 4 rings (SSSR count). The van der Waals surface area contributed by atoms with E-state index in [-0.39, 0.29) is 6.04 Å². The number of aryl methyl sites for hydroxylation is 2. The minimum Gasteiger partial charge on any atom is -0.272 e. The molecule has 3 aromatic heterocycles. The first-order chi connectivity index (χ1) is 12.9. The van der Waals surface area contributed by atoms with Crippen molar-refractivity contribution in [3.8, 4) is 5.00 Å². The van der Waals surface area contributed by atoms with Gasteiger partial charge in [0.25, 0.3) is 0 Å². The van der Waals surface area contributed by atoms with Crippen LogP contribution >= 0.6 is 11.3 Å². The summed E-state index contributed by atoms with van der Waals surface area (Å²) in [6, 6.07) is 4.27. The molecule has 0 N–H and O–H groups in total. The Bertz CT molecular complexity index is 1020. The predicted molar refractivity (Wildman–Crippen MR) is 110 cm³/mol. The number of aliphatic imine (C=N–C) groups is 1. The molecule has 0 amide bonds. The molecular weight excluding hydrogens is 354 g/mol. The van der Waals surface area contributed by atoms with Gasteiger partial charge >= 0.3 is 0 Å². The van der Waals surface area contributed by atoms with E-state index < -0.39 is 0 Å². The summed E-state index contributed by atoms with van der Waals surface area (Å²) in [6.07, 6.45) is 2.85. The largest absolute Gasteiger partial charge is 0.272 e. The number of hydrogen-bond acceptors (Lipinski definition) is 5. The molecule has 0 saturated carbocycles. The lowest BCUT2D eigenvalue weighted by atomic mass is 10.00. The molecule has 0 radical (unpaired) electrons. The number of pyridine rings is 1. The van der Waals surface area contributed by atoms with Crippen molar-refractivity contribution in [1.29, 1.82) is 0 Å². The maximum absolute atomic E-state index is 5.17. The van der Waals surface area contributed by atoms with Crippen LogP contribution in [-0.4, -0.2) is 25.5 Å². The molecule has 1 atom stereocenters. The molecule has 1 aliphatic rings. The monoisotopic (exact) mass is 379 g/mol. The normalized spacial score (nSPS) is 16.1. The third-order valence-electron chi connectivity index (χ3n) is 5.28. The number of rotatable bonds is 3. The molecule has 0 saturated heterocycles. The van der Waals surface area contributed by atoms with Crippen molar-refractivity contribution in [1.82, 2.24) is 19.7 Å². The Morgan fingerprint density at radius 1 is 1.15 bits per heavy atom. The summed E-state index contributed by atoms with van der Waals surface area (Å²) in [4.78, 5) is 11.2. The first kappa shape index (κ1) is 18.0. The molecule has 27 heavy (non-hydrogen) atoms. The molecule has 6 heteroatoms. The van der Waals surface area contributed by atoms with E-state index >= 15 is 0 Å². The second-order valence-electron chi connectivity index (χ2n) is 7.43. The van der Waals surface area contributed by atoms with E-state index in [1.54, 1.807) is 11.3 Å². The quantitative estimate of drug-likeness (QED) is 0.638. The Morgan fingerprint density at radius 3 is 2.56 bits per heavy atom. The Hall–Kier alpha value is -2.34. The lowest BCUT2D eigenvalue weighted by Crippen LogP contribution is -2.08. The first-order valence-electron chi connectivity index (χ1n) is 9.49. The van der Waals surface area contributed by atoms with Crippen molar-refractivity contribution in [3.63, 3.8) is 0 Å². The van der Waals surface area contributed by atoms with Crippen molar-refractivity contribution < 1.29 is 0 Å². The van der Waals surface area contributed by atoms with Gasteiger partial charge in [-0.2, -0.15) is 0 Å². The van der Waals surface area contributed by atoms with Gasteiger partial charge in [-0.3, -0.25) is 14.5 Å². The Morgan fingerprint density at radius 2 is 1.93 bits per heavy atom. The smallest absolute Gasteiger partial charge is 0.163 e. The third-order valence-corrected chi connectivity index (χ3v) is 6.47. The highest BCUT2D eigenvalue weighted by molar-refractivity contribution is 7.15. The molecular formula is C21H25N5S. The second kappa shape index (κ2) is 6.68. The zero-order valence-corrected chi connectivity index (χ0v) is 17.6. The van der Waals surface area contributed by atoms with Crippen molar-refractivity contribution >= 4 is 17.0 Å². The summed E-state index contributed by atoms with van der Waals surface area (Å²) in [5.41, 5.74) is 5.66. The molecule has 0 fully saturated rings. The van der Waals surface area contributed by atoms with E-state index in [1.165, 1.54) is 21.0 Å². The second-order valence-corrected chi connectivity index (χ2v) is 8.64. The van der Waals surface area contributed by atoms with Gasteiger partial charge in [0.15, 0.2) is 5.82 Å². The van der Waals surface area contributed by atoms with Gasteiger partial charge in [0, 0.05) is 27.9 Å². The first-order valence-corrected chi connectivity index (χ1v) is 10.3. The molecule has 0 spiro atoms. The van der Waals surface area contributed by atoms with Crippen LogP contribution < -0.4 is 0 Å². The fraction of sp³-hybridized carbons (Fsp3) is 0.429. The van der Waals surface area contributed by atoms with Gasteiger partial charge in [0.1, 0.15) is 16.9 Å². The Labute approximate surface area is 164 Å². The zero-order chi connectivity index (χ0) is 19.3. The summed E-state index contributed by atoms with van der Waals surface area (Å²) in [7, 11) is 0. The SMILES string of the molecule is CCC1N=C(c2ccc(C(C)C)nc2)c2c(sc(C)c2C)-n2c(C)nnc21. The van der Waals surface area contributed by atoms with Crippen LogP contribution in [0.25, 0.3) is 5.00 Å². The minimum atomic E-state index is -0.00900. The molecule has 0 bridgehead atoms. The molecule has 1 unspecified atom stereocenters. The maximum atomic E-state index is 5.17. The topological polar surface area (TPSA) is 56.0 Å². The van der Waals surface area contributed by atoms with E-state index in [4.69, 9.17) is 4.99 Å². The highest BCUT2D eigenvalue weighted by atomic mass is 32.1. The van der Waals surface area contributed by atoms with E-state index in [9.17, 15) is 0 Å². The molecule has 4 heterocycles. The summed E-state index contributed by atoms with van der Waals surface area (Å²) in [5, 5.41) is 9.98. The fourth-order valence-corrected chi connectivity index (χ4v) is 4.76.